The largest absolute Gasteiger partial charge is 0.403 e. The topological polar surface area (TPSA) is 90.1 Å². The molecule has 4 rings (SSSR count). The number of nitrogens with two attached hydrogens (primary N) is 1. The summed E-state index contributed by atoms with van der Waals surface area (Å²) in [5.41, 5.74) is 7.62. The standard InChI is InChI=1S/C23H26FN7/c1-16(27-17-7-3-2-4-8-17)28-22-21(15-25)30-23(29-20-10-6-5-9-19(20)24)31(22)18-11-13-26-14-12-18/h2-10,15,18,26-27H,1,11-14,25H2,(H,29,30)/b21-15+,28-22+. The molecule has 2 aliphatic rings. The average Bonchev–Trinajstić information content (AvgIpc) is 3.13. The molecule has 0 saturated carbocycles. The van der Waals surface area contributed by atoms with E-state index in [2.05, 4.69) is 27.5 Å². The second-order valence-corrected chi connectivity index (χ2v) is 7.32. The highest BCUT2D eigenvalue weighted by molar-refractivity contribution is 6.18. The highest BCUT2D eigenvalue weighted by Crippen LogP contribution is 2.26. The molecule has 5 N–H and O–H groups in total. The minimum absolute atomic E-state index is 0.139. The van der Waals surface area contributed by atoms with Gasteiger partial charge in [0.15, 0.2) is 5.84 Å². The molecule has 1 saturated heterocycles. The molecule has 0 spiro atoms. The normalized spacial score (nSPS) is 19.5. The molecule has 0 aliphatic carbocycles. The summed E-state index contributed by atoms with van der Waals surface area (Å²) in [6.07, 6.45) is 3.21. The molecule has 2 aromatic rings. The molecule has 31 heavy (non-hydrogen) atoms. The molecule has 2 heterocycles. The van der Waals surface area contributed by atoms with Gasteiger partial charge in [0.1, 0.15) is 17.3 Å². The van der Waals surface area contributed by atoms with Crippen molar-refractivity contribution in [3.63, 3.8) is 0 Å². The van der Waals surface area contributed by atoms with E-state index in [-0.39, 0.29) is 11.9 Å². The van der Waals surface area contributed by atoms with E-state index in [9.17, 15) is 4.39 Å². The predicted molar refractivity (Wildman–Crippen MR) is 124 cm³/mol. The number of halogens is 1. The number of hydrogen-bond donors (Lipinski definition) is 4. The molecule has 0 radical (unpaired) electrons. The van der Waals surface area contributed by atoms with Crippen LogP contribution in [0.15, 0.2) is 88.9 Å². The number of amidine groups is 1. The number of para-hydroxylation sites is 2. The van der Waals surface area contributed by atoms with Crippen LogP contribution in [-0.4, -0.2) is 35.8 Å². The van der Waals surface area contributed by atoms with Gasteiger partial charge in [-0.15, -0.1) is 0 Å². The van der Waals surface area contributed by atoms with Crippen molar-refractivity contribution in [2.24, 2.45) is 15.7 Å². The van der Waals surface area contributed by atoms with Crippen molar-refractivity contribution in [1.29, 1.82) is 0 Å². The third-order valence-corrected chi connectivity index (χ3v) is 5.17. The summed E-state index contributed by atoms with van der Waals surface area (Å²) in [4.78, 5) is 11.3. The van der Waals surface area contributed by atoms with Gasteiger partial charge in [-0.2, -0.15) is 0 Å². The van der Waals surface area contributed by atoms with E-state index in [1.54, 1.807) is 18.2 Å². The molecule has 0 amide bonds. The zero-order chi connectivity index (χ0) is 21.6. The molecule has 0 atom stereocenters. The first-order valence-corrected chi connectivity index (χ1v) is 10.3. The number of nitrogens with zero attached hydrogens (tertiary/aromatic N) is 3. The van der Waals surface area contributed by atoms with Crippen LogP contribution in [0.1, 0.15) is 12.8 Å². The maximum atomic E-state index is 14.3. The Balaban J connectivity index is 1.65. The molecule has 2 aromatic carbocycles. The first kappa shape index (κ1) is 20.6. The third kappa shape index (κ3) is 4.75. The van der Waals surface area contributed by atoms with Crippen molar-refractivity contribution in [3.8, 4) is 0 Å². The summed E-state index contributed by atoms with van der Waals surface area (Å²) in [5, 5.41) is 9.69. The Morgan fingerprint density at radius 3 is 2.58 bits per heavy atom. The molecule has 160 valence electrons. The Morgan fingerprint density at radius 2 is 1.87 bits per heavy atom. The van der Waals surface area contributed by atoms with Crippen LogP contribution in [0.25, 0.3) is 0 Å². The van der Waals surface area contributed by atoms with Crippen LogP contribution in [-0.2, 0) is 0 Å². The van der Waals surface area contributed by atoms with Gasteiger partial charge >= 0.3 is 0 Å². The van der Waals surface area contributed by atoms with E-state index in [1.807, 2.05) is 35.2 Å². The number of rotatable bonds is 5. The van der Waals surface area contributed by atoms with Crippen LogP contribution < -0.4 is 21.7 Å². The van der Waals surface area contributed by atoms with Gasteiger partial charge in [-0.1, -0.05) is 36.9 Å². The highest BCUT2D eigenvalue weighted by Gasteiger charge is 2.35. The van der Waals surface area contributed by atoms with E-state index in [0.717, 1.165) is 31.6 Å². The summed E-state index contributed by atoms with van der Waals surface area (Å²) < 4.78 is 14.3. The fourth-order valence-corrected chi connectivity index (χ4v) is 3.69. The quantitative estimate of drug-likeness (QED) is 0.596. The van der Waals surface area contributed by atoms with E-state index in [4.69, 9.17) is 10.7 Å². The van der Waals surface area contributed by atoms with Gasteiger partial charge in [-0.05, 0) is 50.2 Å². The third-order valence-electron chi connectivity index (χ3n) is 5.17. The Kier molecular flexibility index (Phi) is 6.28. The van der Waals surface area contributed by atoms with Gasteiger partial charge in [0.25, 0.3) is 0 Å². The van der Waals surface area contributed by atoms with E-state index in [1.165, 1.54) is 12.3 Å². The van der Waals surface area contributed by atoms with Gasteiger partial charge < -0.3 is 21.7 Å². The van der Waals surface area contributed by atoms with Gasteiger partial charge in [0.2, 0.25) is 5.96 Å². The van der Waals surface area contributed by atoms with E-state index < -0.39 is 0 Å². The number of piperidine rings is 1. The number of nitrogens with one attached hydrogen (secondary N) is 3. The maximum Gasteiger partial charge on any atom is 0.210 e. The molecule has 0 bridgehead atoms. The summed E-state index contributed by atoms with van der Waals surface area (Å²) in [6.45, 7) is 5.81. The van der Waals surface area contributed by atoms with Gasteiger partial charge in [0.05, 0.1) is 5.69 Å². The summed E-state index contributed by atoms with van der Waals surface area (Å²) in [7, 11) is 0. The van der Waals surface area contributed by atoms with Crippen LogP contribution in [0.2, 0.25) is 0 Å². The zero-order valence-corrected chi connectivity index (χ0v) is 17.2. The van der Waals surface area contributed by atoms with Crippen LogP contribution in [0.5, 0.6) is 0 Å². The average molecular weight is 420 g/mol. The predicted octanol–water partition coefficient (Wildman–Crippen LogP) is 3.44. The number of guanidine groups is 1. The van der Waals surface area contributed by atoms with Crippen LogP contribution in [0.3, 0.4) is 0 Å². The number of benzene rings is 2. The molecule has 2 aliphatic heterocycles. The van der Waals surface area contributed by atoms with Crippen molar-refractivity contribution < 1.29 is 4.39 Å². The lowest BCUT2D eigenvalue weighted by atomic mass is 10.0. The van der Waals surface area contributed by atoms with Crippen molar-refractivity contribution in [2.45, 2.75) is 18.9 Å². The highest BCUT2D eigenvalue weighted by atomic mass is 19.1. The first-order chi connectivity index (χ1) is 15.2. The number of anilines is 2. The fraction of sp³-hybridized carbons (Fsp3) is 0.217. The lowest BCUT2D eigenvalue weighted by molar-refractivity contribution is 0.336. The first-order valence-electron chi connectivity index (χ1n) is 10.3. The van der Waals surface area contributed by atoms with Crippen molar-refractivity contribution in [1.82, 2.24) is 10.2 Å². The summed E-state index contributed by atoms with van der Waals surface area (Å²) in [5.74, 6) is 1.19. The molecule has 7 nitrogen and oxygen atoms in total. The lowest BCUT2D eigenvalue weighted by Gasteiger charge is -2.34. The minimum atomic E-state index is -0.353. The smallest absolute Gasteiger partial charge is 0.210 e. The van der Waals surface area contributed by atoms with Gasteiger partial charge in [-0.25, -0.2) is 14.4 Å². The van der Waals surface area contributed by atoms with Crippen LogP contribution in [0, 0.1) is 5.82 Å². The maximum absolute atomic E-state index is 14.3. The fourth-order valence-electron chi connectivity index (χ4n) is 3.69. The Bertz CT molecular complexity index is 1020. The van der Waals surface area contributed by atoms with Crippen LogP contribution >= 0.6 is 0 Å². The van der Waals surface area contributed by atoms with Gasteiger partial charge in [0, 0.05) is 17.9 Å². The number of hydrogen-bond acceptors (Lipinski definition) is 6. The monoisotopic (exact) mass is 419 g/mol. The second kappa shape index (κ2) is 9.44. The SMILES string of the molecule is C=C(/N=C1\C(=C/N)N=C(Nc2ccccc2F)N1C1CCNCC1)Nc1ccccc1. The minimum Gasteiger partial charge on any atom is -0.403 e. The molecular formula is C23H26FN7. The molecule has 8 heteroatoms. The van der Waals surface area contributed by atoms with E-state index in [0.29, 0.717) is 29.0 Å². The Morgan fingerprint density at radius 1 is 1.16 bits per heavy atom. The lowest BCUT2D eigenvalue weighted by Crippen LogP contribution is -2.49. The Labute approximate surface area is 181 Å². The van der Waals surface area contributed by atoms with Gasteiger partial charge in [-0.3, -0.25) is 4.90 Å². The summed E-state index contributed by atoms with van der Waals surface area (Å²) >= 11 is 0. The zero-order valence-electron chi connectivity index (χ0n) is 17.2. The van der Waals surface area contributed by atoms with E-state index >= 15 is 0 Å². The molecule has 0 unspecified atom stereocenters. The molecule has 1 fully saturated rings. The Hall–Kier alpha value is -3.65. The second-order valence-electron chi connectivity index (χ2n) is 7.32. The van der Waals surface area contributed by atoms with Crippen LogP contribution in [0.4, 0.5) is 15.8 Å². The van der Waals surface area contributed by atoms with Crippen molar-refractivity contribution >= 4 is 23.2 Å². The number of aliphatic imine (C=N–C) groups is 2. The summed E-state index contributed by atoms with van der Waals surface area (Å²) in [6, 6.07) is 16.3. The molecule has 0 aromatic heterocycles. The van der Waals surface area contributed by atoms with Crippen molar-refractivity contribution in [3.05, 3.63) is 84.7 Å². The molecular weight excluding hydrogens is 393 g/mol. The van der Waals surface area contributed by atoms with Crippen molar-refractivity contribution in [2.75, 3.05) is 23.7 Å².